The van der Waals surface area contributed by atoms with Crippen molar-refractivity contribution in [3.8, 4) is 0 Å². The van der Waals surface area contributed by atoms with Crippen LogP contribution in [0.2, 0.25) is 0 Å². The van der Waals surface area contributed by atoms with Crippen LogP contribution in [-0.4, -0.2) is 18.5 Å². The second kappa shape index (κ2) is 4.74. The maximum atomic E-state index is 11.6. The average molecular weight is 226 g/mol. The fraction of sp³-hybridized carbons (Fsp3) is 0.923. The lowest BCUT2D eigenvalue weighted by Crippen LogP contribution is -2.48. The maximum absolute atomic E-state index is 11.6. The lowest BCUT2D eigenvalue weighted by molar-refractivity contribution is -0.127. The van der Waals surface area contributed by atoms with E-state index in [4.69, 9.17) is 5.73 Å². The Kier molecular flexibility index (Phi) is 4.00. The van der Waals surface area contributed by atoms with Gasteiger partial charge in [0.25, 0.3) is 0 Å². The Morgan fingerprint density at radius 2 is 1.88 bits per heavy atom. The number of hydrogen-bond acceptors (Lipinski definition) is 2. The molecule has 0 bridgehead atoms. The molecule has 0 heterocycles. The summed E-state index contributed by atoms with van der Waals surface area (Å²) in [5.74, 6) is -0.126. The number of rotatable bonds is 4. The summed E-state index contributed by atoms with van der Waals surface area (Å²) in [4.78, 5) is 11.6. The molecule has 0 aromatic rings. The minimum absolute atomic E-state index is 0.126. The number of nitrogens with one attached hydrogen (secondary N) is 1. The van der Waals surface area contributed by atoms with Gasteiger partial charge in [-0.2, -0.15) is 0 Å². The Balaban J connectivity index is 2.55. The predicted octanol–water partition coefficient (Wildman–Crippen LogP) is 2.06. The lowest BCUT2D eigenvalue weighted by Gasteiger charge is -2.33. The quantitative estimate of drug-likeness (QED) is 0.771. The van der Waals surface area contributed by atoms with Gasteiger partial charge < -0.3 is 11.1 Å². The molecule has 0 radical (unpaired) electrons. The van der Waals surface area contributed by atoms with Gasteiger partial charge in [-0.3, -0.25) is 4.79 Å². The van der Waals surface area contributed by atoms with Crippen molar-refractivity contribution in [2.45, 2.75) is 59.4 Å². The van der Waals surface area contributed by atoms with Crippen LogP contribution in [0.5, 0.6) is 0 Å². The molecule has 1 rings (SSSR count). The molecule has 1 atom stereocenters. The molecule has 0 aromatic carbocycles. The molecule has 3 heteroatoms. The van der Waals surface area contributed by atoms with Gasteiger partial charge in [-0.1, -0.05) is 33.6 Å². The van der Waals surface area contributed by atoms with E-state index in [9.17, 15) is 4.79 Å². The van der Waals surface area contributed by atoms with E-state index in [1.54, 1.807) is 0 Å². The van der Waals surface area contributed by atoms with Gasteiger partial charge in [-0.25, -0.2) is 0 Å². The van der Waals surface area contributed by atoms with Crippen LogP contribution in [0.1, 0.15) is 53.4 Å². The van der Waals surface area contributed by atoms with Crippen molar-refractivity contribution in [2.24, 2.45) is 16.6 Å². The fourth-order valence-corrected chi connectivity index (χ4v) is 2.22. The molecular weight excluding hydrogens is 200 g/mol. The van der Waals surface area contributed by atoms with Gasteiger partial charge in [0.15, 0.2) is 0 Å². The molecule has 0 aliphatic heterocycles. The van der Waals surface area contributed by atoms with Crippen molar-refractivity contribution in [2.75, 3.05) is 6.54 Å². The molecule has 1 saturated carbocycles. The first-order valence-corrected chi connectivity index (χ1v) is 6.31. The topological polar surface area (TPSA) is 55.1 Å². The summed E-state index contributed by atoms with van der Waals surface area (Å²) < 4.78 is 0. The molecule has 1 aliphatic rings. The highest BCUT2D eigenvalue weighted by Crippen LogP contribution is 2.37. The first kappa shape index (κ1) is 13.5. The van der Waals surface area contributed by atoms with Gasteiger partial charge in [0.05, 0.1) is 5.41 Å². The van der Waals surface area contributed by atoms with E-state index in [0.29, 0.717) is 6.04 Å². The number of nitrogens with two attached hydrogens (primary N) is 1. The smallest absolute Gasteiger partial charge is 0.224 e. The highest BCUT2D eigenvalue weighted by atomic mass is 16.1. The van der Waals surface area contributed by atoms with Gasteiger partial charge in [0, 0.05) is 12.6 Å². The maximum Gasteiger partial charge on any atom is 0.224 e. The van der Waals surface area contributed by atoms with E-state index in [1.165, 1.54) is 0 Å². The van der Waals surface area contributed by atoms with Gasteiger partial charge in [-0.15, -0.1) is 0 Å². The van der Waals surface area contributed by atoms with Gasteiger partial charge in [-0.05, 0) is 25.2 Å². The molecule has 3 nitrogen and oxygen atoms in total. The van der Waals surface area contributed by atoms with E-state index in [-0.39, 0.29) is 16.7 Å². The van der Waals surface area contributed by atoms with Crippen molar-refractivity contribution in [1.82, 2.24) is 5.32 Å². The zero-order valence-corrected chi connectivity index (χ0v) is 11.1. The van der Waals surface area contributed by atoms with Crippen molar-refractivity contribution in [3.05, 3.63) is 0 Å². The highest BCUT2D eigenvalue weighted by Gasteiger charge is 2.39. The SMILES string of the molecule is CC(NCC1(C(N)=O)CCCC1)C(C)(C)C. The Hall–Kier alpha value is -0.570. The fourth-order valence-electron chi connectivity index (χ4n) is 2.22. The number of primary amides is 1. The van der Waals surface area contributed by atoms with Crippen LogP contribution in [0.4, 0.5) is 0 Å². The highest BCUT2D eigenvalue weighted by molar-refractivity contribution is 5.81. The Bertz CT molecular complexity index is 249. The molecule has 94 valence electrons. The molecule has 1 aliphatic carbocycles. The molecule has 1 fully saturated rings. The molecule has 0 saturated heterocycles. The minimum atomic E-state index is -0.278. The molecular formula is C13H26N2O. The Morgan fingerprint density at radius 1 is 1.38 bits per heavy atom. The van der Waals surface area contributed by atoms with E-state index in [1.807, 2.05) is 0 Å². The summed E-state index contributed by atoms with van der Waals surface area (Å²) in [7, 11) is 0. The average Bonchev–Trinajstić information content (AvgIpc) is 2.62. The van der Waals surface area contributed by atoms with E-state index in [0.717, 1.165) is 32.2 Å². The first-order chi connectivity index (χ1) is 7.28. The molecule has 0 aromatic heterocycles. The Morgan fingerprint density at radius 3 is 2.25 bits per heavy atom. The number of carbonyl (C=O) groups excluding carboxylic acids is 1. The molecule has 1 unspecified atom stereocenters. The van der Waals surface area contributed by atoms with Crippen molar-refractivity contribution in [3.63, 3.8) is 0 Å². The monoisotopic (exact) mass is 226 g/mol. The lowest BCUT2D eigenvalue weighted by atomic mass is 9.83. The Labute approximate surface area is 99.2 Å². The summed E-state index contributed by atoms with van der Waals surface area (Å²) in [6, 6.07) is 0.393. The van der Waals surface area contributed by atoms with Gasteiger partial charge in [0.1, 0.15) is 0 Å². The minimum Gasteiger partial charge on any atom is -0.369 e. The van der Waals surface area contributed by atoms with Crippen molar-refractivity contribution < 1.29 is 4.79 Å². The molecule has 16 heavy (non-hydrogen) atoms. The number of carbonyl (C=O) groups is 1. The number of hydrogen-bond donors (Lipinski definition) is 2. The summed E-state index contributed by atoms with van der Waals surface area (Å²) >= 11 is 0. The molecule has 0 spiro atoms. The predicted molar refractivity (Wildman–Crippen MR) is 67.0 cm³/mol. The second-order valence-corrected chi connectivity index (χ2v) is 6.32. The van der Waals surface area contributed by atoms with E-state index >= 15 is 0 Å². The molecule has 3 N–H and O–H groups in total. The van der Waals surface area contributed by atoms with Crippen LogP contribution < -0.4 is 11.1 Å². The van der Waals surface area contributed by atoms with Crippen LogP contribution in [0.25, 0.3) is 0 Å². The molecule has 1 amide bonds. The third-order valence-corrected chi connectivity index (χ3v) is 4.13. The number of amides is 1. The first-order valence-electron chi connectivity index (χ1n) is 6.31. The van der Waals surface area contributed by atoms with Crippen molar-refractivity contribution in [1.29, 1.82) is 0 Å². The van der Waals surface area contributed by atoms with Gasteiger partial charge in [0.2, 0.25) is 5.91 Å². The zero-order chi connectivity index (χ0) is 12.4. The summed E-state index contributed by atoms with van der Waals surface area (Å²) in [5, 5.41) is 3.49. The third kappa shape index (κ3) is 2.97. The van der Waals surface area contributed by atoms with Gasteiger partial charge >= 0.3 is 0 Å². The van der Waals surface area contributed by atoms with Crippen molar-refractivity contribution >= 4 is 5.91 Å². The summed E-state index contributed by atoms with van der Waals surface area (Å²) in [6.07, 6.45) is 4.17. The zero-order valence-electron chi connectivity index (χ0n) is 11.1. The van der Waals surface area contributed by atoms with Crippen LogP contribution in [0.15, 0.2) is 0 Å². The largest absolute Gasteiger partial charge is 0.369 e. The second-order valence-electron chi connectivity index (χ2n) is 6.32. The van der Waals surface area contributed by atoms with Crippen LogP contribution in [0, 0.1) is 10.8 Å². The summed E-state index contributed by atoms with van der Waals surface area (Å²) in [6.45, 7) is 9.52. The summed E-state index contributed by atoms with van der Waals surface area (Å²) in [5.41, 5.74) is 5.49. The van der Waals surface area contributed by atoms with E-state index in [2.05, 4.69) is 33.0 Å². The van der Waals surface area contributed by atoms with Crippen LogP contribution in [-0.2, 0) is 4.79 Å². The van der Waals surface area contributed by atoms with E-state index < -0.39 is 0 Å². The standard InChI is InChI=1S/C13H26N2O/c1-10(12(2,3)4)15-9-13(11(14)16)7-5-6-8-13/h10,15H,5-9H2,1-4H3,(H2,14,16). The van der Waals surface area contributed by atoms with Crippen LogP contribution in [0.3, 0.4) is 0 Å². The van der Waals surface area contributed by atoms with Crippen LogP contribution >= 0.6 is 0 Å². The third-order valence-electron chi connectivity index (χ3n) is 4.13. The normalized spacial score (nSPS) is 22.0.